The summed E-state index contributed by atoms with van der Waals surface area (Å²) in [6.45, 7) is 4.95. The van der Waals surface area contributed by atoms with Gasteiger partial charge in [-0.25, -0.2) is 4.39 Å². The fourth-order valence-corrected chi connectivity index (χ4v) is 2.48. The summed E-state index contributed by atoms with van der Waals surface area (Å²) in [5.41, 5.74) is 3.16. The third-order valence-corrected chi connectivity index (χ3v) is 3.54. The van der Waals surface area contributed by atoms with E-state index in [0.717, 1.165) is 29.8 Å². The topological polar surface area (TPSA) is 24.9 Å². The number of rotatable bonds is 5. The number of aromatic nitrogens is 1. The van der Waals surface area contributed by atoms with Crippen LogP contribution in [0.5, 0.6) is 0 Å². The van der Waals surface area contributed by atoms with Crippen LogP contribution in [0.25, 0.3) is 0 Å². The molecule has 106 valence electrons. The van der Waals surface area contributed by atoms with Gasteiger partial charge in [0.1, 0.15) is 5.82 Å². The molecule has 2 rings (SSSR count). The SMILES string of the molecule is CCNC(Cc1ccc(F)c(Cl)c1)c1ncccc1C. The lowest BCUT2D eigenvalue weighted by atomic mass is 10.00. The van der Waals surface area contributed by atoms with E-state index in [0.29, 0.717) is 0 Å². The molecule has 0 radical (unpaired) electrons. The van der Waals surface area contributed by atoms with Crippen molar-refractivity contribution in [3.63, 3.8) is 0 Å². The number of pyridine rings is 1. The molecule has 0 aliphatic rings. The fourth-order valence-electron chi connectivity index (χ4n) is 2.28. The maximum absolute atomic E-state index is 13.2. The molecule has 1 aromatic carbocycles. The molecular weight excluding hydrogens is 275 g/mol. The van der Waals surface area contributed by atoms with Crippen LogP contribution in [-0.4, -0.2) is 11.5 Å². The van der Waals surface area contributed by atoms with Crippen LogP contribution in [0.2, 0.25) is 5.02 Å². The van der Waals surface area contributed by atoms with E-state index in [1.165, 1.54) is 6.07 Å². The van der Waals surface area contributed by atoms with Gasteiger partial charge in [0.2, 0.25) is 0 Å². The van der Waals surface area contributed by atoms with Gasteiger partial charge in [0, 0.05) is 6.20 Å². The van der Waals surface area contributed by atoms with Gasteiger partial charge in [0.25, 0.3) is 0 Å². The lowest BCUT2D eigenvalue weighted by Crippen LogP contribution is -2.24. The van der Waals surface area contributed by atoms with Crippen LogP contribution in [0.15, 0.2) is 36.5 Å². The molecular formula is C16H18ClFN2. The molecule has 1 N–H and O–H groups in total. The molecule has 1 atom stereocenters. The van der Waals surface area contributed by atoms with Crippen molar-refractivity contribution in [2.45, 2.75) is 26.3 Å². The molecule has 1 aromatic heterocycles. The first-order valence-corrected chi connectivity index (χ1v) is 7.08. The predicted molar refractivity (Wildman–Crippen MR) is 80.5 cm³/mol. The molecule has 2 nitrogen and oxygen atoms in total. The number of nitrogens with zero attached hydrogens (tertiary/aromatic N) is 1. The van der Waals surface area contributed by atoms with Crippen LogP contribution in [0.1, 0.15) is 29.8 Å². The average Bonchev–Trinajstić information content (AvgIpc) is 2.43. The van der Waals surface area contributed by atoms with E-state index in [-0.39, 0.29) is 16.9 Å². The number of hydrogen-bond acceptors (Lipinski definition) is 2. The lowest BCUT2D eigenvalue weighted by molar-refractivity contribution is 0.533. The number of aryl methyl sites for hydroxylation is 1. The van der Waals surface area contributed by atoms with Gasteiger partial charge in [-0.3, -0.25) is 4.98 Å². The minimum atomic E-state index is -0.385. The van der Waals surface area contributed by atoms with Crippen molar-refractivity contribution in [1.82, 2.24) is 10.3 Å². The summed E-state index contributed by atoms with van der Waals surface area (Å²) in [4.78, 5) is 4.46. The molecule has 0 fully saturated rings. The first kappa shape index (κ1) is 14.9. The summed E-state index contributed by atoms with van der Waals surface area (Å²) in [5.74, 6) is -0.385. The fraction of sp³-hybridized carbons (Fsp3) is 0.312. The Hall–Kier alpha value is -1.45. The third kappa shape index (κ3) is 3.56. The highest BCUT2D eigenvalue weighted by atomic mass is 35.5. The van der Waals surface area contributed by atoms with Crippen LogP contribution >= 0.6 is 11.6 Å². The van der Waals surface area contributed by atoms with Crippen molar-refractivity contribution in [1.29, 1.82) is 0 Å². The van der Waals surface area contributed by atoms with Crippen molar-refractivity contribution in [3.8, 4) is 0 Å². The summed E-state index contributed by atoms with van der Waals surface area (Å²) < 4.78 is 13.2. The van der Waals surface area contributed by atoms with Crippen molar-refractivity contribution >= 4 is 11.6 Å². The summed E-state index contributed by atoms with van der Waals surface area (Å²) in [6.07, 6.45) is 2.52. The zero-order valence-electron chi connectivity index (χ0n) is 11.7. The molecule has 0 saturated heterocycles. The highest BCUT2D eigenvalue weighted by Gasteiger charge is 2.15. The normalized spacial score (nSPS) is 12.4. The van der Waals surface area contributed by atoms with Crippen molar-refractivity contribution < 1.29 is 4.39 Å². The Morgan fingerprint density at radius 2 is 2.15 bits per heavy atom. The molecule has 20 heavy (non-hydrogen) atoms. The van der Waals surface area contributed by atoms with Gasteiger partial charge >= 0.3 is 0 Å². The van der Waals surface area contributed by atoms with E-state index in [4.69, 9.17) is 11.6 Å². The van der Waals surface area contributed by atoms with E-state index < -0.39 is 0 Å². The molecule has 0 aliphatic heterocycles. The summed E-state index contributed by atoms with van der Waals surface area (Å²) in [6, 6.07) is 8.93. The van der Waals surface area contributed by atoms with Crippen molar-refractivity contribution in [3.05, 3.63) is 64.2 Å². The zero-order valence-corrected chi connectivity index (χ0v) is 12.4. The van der Waals surface area contributed by atoms with Gasteiger partial charge in [-0.05, 0) is 49.2 Å². The maximum Gasteiger partial charge on any atom is 0.141 e. The quantitative estimate of drug-likeness (QED) is 0.898. The lowest BCUT2D eigenvalue weighted by Gasteiger charge is -2.19. The van der Waals surface area contributed by atoms with Gasteiger partial charge in [-0.1, -0.05) is 30.7 Å². The number of halogens is 2. The summed E-state index contributed by atoms with van der Waals surface area (Å²) in [5, 5.41) is 3.59. The van der Waals surface area contributed by atoms with E-state index in [1.807, 2.05) is 19.1 Å². The summed E-state index contributed by atoms with van der Waals surface area (Å²) in [7, 11) is 0. The Morgan fingerprint density at radius 3 is 2.80 bits per heavy atom. The molecule has 0 bridgehead atoms. The van der Waals surface area contributed by atoms with E-state index >= 15 is 0 Å². The van der Waals surface area contributed by atoms with Crippen LogP contribution in [0, 0.1) is 12.7 Å². The smallest absolute Gasteiger partial charge is 0.141 e. The predicted octanol–water partition coefficient (Wildman–Crippen LogP) is 4.08. The van der Waals surface area contributed by atoms with Gasteiger partial charge in [-0.15, -0.1) is 0 Å². The largest absolute Gasteiger partial charge is 0.309 e. The third-order valence-electron chi connectivity index (χ3n) is 3.25. The number of benzene rings is 1. The monoisotopic (exact) mass is 292 g/mol. The van der Waals surface area contributed by atoms with Gasteiger partial charge < -0.3 is 5.32 Å². The highest BCUT2D eigenvalue weighted by Crippen LogP contribution is 2.22. The standard InChI is InChI=1S/C16H18ClFN2/c1-3-19-15(16-11(2)5-4-8-20-16)10-12-6-7-14(18)13(17)9-12/h4-9,15,19H,3,10H2,1-2H3. The Balaban J connectivity index is 2.25. The molecule has 0 amide bonds. The Bertz CT molecular complexity index is 586. The molecule has 2 aromatic rings. The molecule has 0 aliphatic carbocycles. The Labute approximate surface area is 124 Å². The van der Waals surface area contributed by atoms with Gasteiger partial charge in [-0.2, -0.15) is 0 Å². The van der Waals surface area contributed by atoms with E-state index in [1.54, 1.807) is 18.3 Å². The van der Waals surface area contributed by atoms with E-state index in [2.05, 4.69) is 17.2 Å². The molecule has 1 heterocycles. The van der Waals surface area contributed by atoms with Gasteiger partial charge in [0.05, 0.1) is 16.8 Å². The minimum Gasteiger partial charge on any atom is -0.309 e. The number of hydrogen-bond donors (Lipinski definition) is 1. The summed E-state index contributed by atoms with van der Waals surface area (Å²) >= 11 is 5.84. The Kier molecular flexibility index (Phi) is 5.10. The number of likely N-dealkylation sites (N-methyl/N-ethyl adjacent to an activating group) is 1. The second-order valence-electron chi connectivity index (χ2n) is 4.77. The van der Waals surface area contributed by atoms with Crippen molar-refractivity contribution in [2.24, 2.45) is 0 Å². The molecule has 0 spiro atoms. The van der Waals surface area contributed by atoms with Crippen LogP contribution in [0.4, 0.5) is 4.39 Å². The number of nitrogens with one attached hydrogen (secondary N) is 1. The van der Waals surface area contributed by atoms with Crippen molar-refractivity contribution in [2.75, 3.05) is 6.54 Å². The second-order valence-corrected chi connectivity index (χ2v) is 5.18. The first-order valence-electron chi connectivity index (χ1n) is 6.70. The average molecular weight is 293 g/mol. The second kappa shape index (κ2) is 6.82. The van der Waals surface area contributed by atoms with Crippen LogP contribution in [-0.2, 0) is 6.42 Å². The van der Waals surface area contributed by atoms with Gasteiger partial charge in [0.15, 0.2) is 0 Å². The first-order chi connectivity index (χ1) is 9.61. The van der Waals surface area contributed by atoms with E-state index in [9.17, 15) is 4.39 Å². The molecule has 4 heteroatoms. The maximum atomic E-state index is 13.2. The highest BCUT2D eigenvalue weighted by molar-refractivity contribution is 6.30. The zero-order chi connectivity index (χ0) is 14.5. The molecule has 0 saturated carbocycles. The van der Waals surface area contributed by atoms with Crippen LogP contribution < -0.4 is 5.32 Å². The molecule has 1 unspecified atom stereocenters. The Morgan fingerprint density at radius 1 is 1.35 bits per heavy atom. The van der Waals surface area contributed by atoms with Crippen LogP contribution in [0.3, 0.4) is 0 Å². The minimum absolute atomic E-state index is 0.0997.